The second-order valence-electron chi connectivity index (χ2n) is 4.37. The van der Waals surface area contributed by atoms with Crippen molar-refractivity contribution in [1.29, 1.82) is 0 Å². The predicted octanol–water partition coefficient (Wildman–Crippen LogP) is 4.62. The molecule has 2 rings (SSSR count). The molecule has 0 spiro atoms. The van der Waals surface area contributed by atoms with Gasteiger partial charge < -0.3 is 9.73 Å². The van der Waals surface area contributed by atoms with Gasteiger partial charge in [-0.3, -0.25) is 4.79 Å². The molecule has 2 aromatic rings. The van der Waals surface area contributed by atoms with Crippen LogP contribution in [-0.4, -0.2) is 5.91 Å². The topological polar surface area (TPSA) is 42.2 Å². The zero-order valence-corrected chi connectivity index (χ0v) is 12.6. The first-order valence-electron chi connectivity index (χ1n) is 6.14. The van der Waals surface area contributed by atoms with Crippen molar-refractivity contribution in [3.63, 3.8) is 0 Å². The fourth-order valence-electron chi connectivity index (χ4n) is 1.75. The first-order valence-corrected chi connectivity index (χ1v) is 6.89. The number of benzene rings is 1. The van der Waals surface area contributed by atoms with Gasteiger partial charge in [-0.15, -0.1) is 0 Å². The molecular formula is C15H12Cl2FNO2. The number of halogens is 3. The van der Waals surface area contributed by atoms with Gasteiger partial charge >= 0.3 is 0 Å². The third-order valence-electron chi connectivity index (χ3n) is 2.81. The average Bonchev–Trinajstić information content (AvgIpc) is 2.93. The molecule has 1 atom stereocenters. The number of carbonyl (C=O) groups excluding carboxylic acids is 1. The Kier molecular flexibility index (Phi) is 5.04. The molecule has 110 valence electrons. The number of hydrogen-bond donors (Lipinski definition) is 1. The summed E-state index contributed by atoms with van der Waals surface area (Å²) in [7, 11) is 0. The largest absolute Gasteiger partial charge is 0.465 e. The van der Waals surface area contributed by atoms with Crippen molar-refractivity contribution in [2.75, 3.05) is 0 Å². The molecule has 21 heavy (non-hydrogen) atoms. The molecule has 1 heterocycles. The summed E-state index contributed by atoms with van der Waals surface area (Å²) in [6.45, 7) is 1.70. The Bertz CT molecular complexity index is 669. The molecule has 0 fully saturated rings. The van der Waals surface area contributed by atoms with Gasteiger partial charge in [-0.2, -0.15) is 0 Å². The molecule has 0 unspecified atom stereocenters. The lowest BCUT2D eigenvalue weighted by Crippen LogP contribution is -2.25. The zero-order chi connectivity index (χ0) is 15.4. The van der Waals surface area contributed by atoms with E-state index in [4.69, 9.17) is 27.6 Å². The monoisotopic (exact) mass is 327 g/mol. The van der Waals surface area contributed by atoms with Crippen LogP contribution in [0.2, 0.25) is 10.0 Å². The van der Waals surface area contributed by atoms with E-state index in [0.717, 1.165) is 0 Å². The molecule has 0 aliphatic rings. The van der Waals surface area contributed by atoms with Crippen LogP contribution in [0.3, 0.4) is 0 Å². The van der Waals surface area contributed by atoms with Crippen molar-refractivity contribution >= 4 is 35.2 Å². The van der Waals surface area contributed by atoms with E-state index in [2.05, 4.69) is 5.32 Å². The average molecular weight is 328 g/mol. The Labute approximate surface area is 131 Å². The quantitative estimate of drug-likeness (QED) is 0.657. The second-order valence-corrected chi connectivity index (χ2v) is 5.18. The summed E-state index contributed by atoms with van der Waals surface area (Å²) in [4.78, 5) is 11.8. The maximum Gasteiger partial charge on any atom is 0.244 e. The van der Waals surface area contributed by atoms with Gasteiger partial charge in [0.2, 0.25) is 5.91 Å². The minimum atomic E-state index is -0.580. The van der Waals surface area contributed by atoms with E-state index in [1.165, 1.54) is 30.5 Å². The maximum absolute atomic E-state index is 13.5. The highest BCUT2D eigenvalue weighted by molar-refractivity contribution is 6.35. The predicted molar refractivity (Wildman–Crippen MR) is 80.7 cm³/mol. The number of amides is 1. The fourth-order valence-corrected chi connectivity index (χ4v) is 2.30. The van der Waals surface area contributed by atoms with Crippen molar-refractivity contribution in [3.8, 4) is 0 Å². The smallest absolute Gasteiger partial charge is 0.244 e. The van der Waals surface area contributed by atoms with Crippen LogP contribution in [0.25, 0.3) is 6.08 Å². The van der Waals surface area contributed by atoms with Gasteiger partial charge in [0, 0.05) is 11.1 Å². The van der Waals surface area contributed by atoms with Crippen LogP contribution in [0.4, 0.5) is 4.39 Å². The van der Waals surface area contributed by atoms with Crippen molar-refractivity contribution in [2.45, 2.75) is 13.0 Å². The Morgan fingerprint density at radius 2 is 2.14 bits per heavy atom. The van der Waals surface area contributed by atoms with Gasteiger partial charge in [0.1, 0.15) is 11.6 Å². The molecule has 0 radical (unpaired) electrons. The van der Waals surface area contributed by atoms with Crippen molar-refractivity contribution < 1.29 is 13.6 Å². The van der Waals surface area contributed by atoms with Crippen molar-refractivity contribution in [3.05, 3.63) is 63.8 Å². The summed E-state index contributed by atoms with van der Waals surface area (Å²) in [6.07, 6.45) is 4.37. The number of furan rings is 1. The minimum Gasteiger partial charge on any atom is -0.465 e. The first kappa shape index (κ1) is 15.6. The van der Waals surface area contributed by atoms with Crippen LogP contribution in [0.5, 0.6) is 0 Å². The van der Waals surface area contributed by atoms with Crippen LogP contribution < -0.4 is 5.32 Å². The van der Waals surface area contributed by atoms with Gasteiger partial charge in [-0.1, -0.05) is 23.2 Å². The van der Waals surface area contributed by atoms with Crippen LogP contribution in [0, 0.1) is 5.82 Å². The highest BCUT2D eigenvalue weighted by Gasteiger charge is 2.14. The van der Waals surface area contributed by atoms with Crippen LogP contribution in [0.1, 0.15) is 24.3 Å². The molecule has 6 heteroatoms. The van der Waals surface area contributed by atoms with E-state index in [0.29, 0.717) is 16.3 Å². The molecule has 3 nitrogen and oxygen atoms in total. The molecule has 0 saturated carbocycles. The standard InChI is InChI=1S/C15H12Cl2FNO2/c1-9(11-7-14(18)13(17)8-12(11)16)19-15(20)5-4-10-3-2-6-21-10/h2-9H,1H3,(H,19,20)/b5-4+/t9-/m1/s1. The maximum atomic E-state index is 13.5. The molecule has 1 N–H and O–H groups in total. The van der Waals surface area contributed by atoms with Crippen molar-refractivity contribution in [1.82, 2.24) is 5.32 Å². The highest BCUT2D eigenvalue weighted by Crippen LogP contribution is 2.28. The molecule has 0 aliphatic heterocycles. The summed E-state index contributed by atoms with van der Waals surface area (Å²) in [5.74, 6) is -0.359. The van der Waals surface area contributed by atoms with E-state index >= 15 is 0 Å². The lowest BCUT2D eigenvalue weighted by molar-refractivity contribution is -0.117. The van der Waals surface area contributed by atoms with E-state index in [-0.39, 0.29) is 10.9 Å². The first-order chi connectivity index (χ1) is 9.97. The summed E-state index contributed by atoms with van der Waals surface area (Å²) in [5, 5.41) is 2.92. The van der Waals surface area contributed by atoms with E-state index in [1.807, 2.05) is 0 Å². The Hall–Kier alpha value is -1.78. The Morgan fingerprint density at radius 1 is 1.38 bits per heavy atom. The normalized spacial score (nSPS) is 12.6. The minimum absolute atomic E-state index is 0.0556. The van der Waals surface area contributed by atoms with Gasteiger partial charge in [0.25, 0.3) is 0 Å². The van der Waals surface area contributed by atoms with E-state index < -0.39 is 11.9 Å². The summed E-state index contributed by atoms with van der Waals surface area (Å²) in [5.41, 5.74) is 0.457. The van der Waals surface area contributed by atoms with Crippen LogP contribution in [0.15, 0.2) is 41.0 Å². The molecule has 1 amide bonds. The molecule has 0 aliphatic carbocycles. The molecule has 0 bridgehead atoms. The Balaban J connectivity index is 2.06. The van der Waals surface area contributed by atoms with Gasteiger partial charge in [-0.25, -0.2) is 4.39 Å². The Morgan fingerprint density at radius 3 is 2.81 bits per heavy atom. The van der Waals surface area contributed by atoms with E-state index in [9.17, 15) is 9.18 Å². The lowest BCUT2D eigenvalue weighted by atomic mass is 10.1. The number of hydrogen-bond acceptors (Lipinski definition) is 2. The fraction of sp³-hybridized carbons (Fsp3) is 0.133. The van der Waals surface area contributed by atoms with Gasteiger partial charge in [0.15, 0.2) is 0 Å². The molecule has 1 aromatic heterocycles. The van der Waals surface area contributed by atoms with E-state index in [1.54, 1.807) is 19.1 Å². The summed E-state index contributed by atoms with van der Waals surface area (Å²) < 4.78 is 18.5. The van der Waals surface area contributed by atoms with Crippen LogP contribution >= 0.6 is 23.2 Å². The van der Waals surface area contributed by atoms with Gasteiger partial charge in [0.05, 0.1) is 17.3 Å². The molecule has 0 saturated heterocycles. The highest BCUT2D eigenvalue weighted by atomic mass is 35.5. The third kappa shape index (κ3) is 4.09. The lowest BCUT2D eigenvalue weighted by Gasteiger charge is -2.15. The number of carbonyl (C=O) groups is 1. The van der Waals surface area contributed by atoms with Crippen LogP contribution in [-0.2, 0) is 4.79 Å². The second kappa shape index (κ2) is 6.78. The number of rotatable bonds is 4. The molecular weight excluding hydrogens is 316 g/mol. The molecule has 1 aromatic carbocycles. The number of nitrogens with one attached hydrogen (secondary N) is 1. The SMILES string of the molecule is C[C@@H](NC(=O)/C=C/c1ccco1)c1cc(F)c(Cl)cc1Cl. The van der Waals surface area contributed by atoms with Crippen molar-refractivity contribution in [2.24, 2.45) is 0 Å². The third-order valence-corrected chi connectivity index (χ3v) is 3.42. The zero-order valence-electron chi connectivity index (χ0n) is 11.1. The summed E-state index contributed by atoms with van der Waals surface area (Å²) >= 11 is 11.6. The summed E-state index contributed by atoms with van der Waals surface area (Å²) in [6, 6.07) is 5.51. The van der Waals surface area contributed by atoms with Gasteiger partial charge in [-0.05, 0) is 42.8 Å².